The summed E-state index contributed by atoms with van der Waals surface area (Å²) >= 11 is 0. The lowest BCUT2D eigenvalue weighted by Crippen LogP contribution is -2.43. The van der Waals surface area contributed by atoms with Gasteiger partial charge in [-0.05, 0) is 69.2 Å². The van der Waals surface area contributed by atoms with Gasteiger partial charge in [0, 0.05) is 13.1 Å². The minimum atomic E-state index is -0.323. The third-order valence-corrected chi connectivity index (χ3v) is 6.68. The summed E-state index contributed by atoms with van der Waals surface area (Å²) in [7, 11) is 7.16. The molecule has 7 nitrogen and oxygen atoms in total. The number of carbonyl (C=O) groups excluding carboxylic acids is 2. The number of amides is 2. The summed E-state index contributed by atoms with van der Waals surface area (Å²) < 4.78 is 10.8. The number of methoxy groups -OCH3 is 2. The van der Waals surface area contributed by atoms with E-state index in [9.17, 15) is 9.59 Å². The fraction of sp³-hybridized carbons (Fsp3) is 0.385. The molecule has 0 saturated carbocycles. The van der Waals surface area contributed by atoms with Gasteiger partial charge in [-0.15, -0.1) is 0 Å². The second-order valence-electron chi connectivity index (χ2n) is 8.67. The van der Waals surface area contributed by atoms with E-state index >= 15 is 0 Å². The van der Waals surface area contributed by atoms with Crippen molar-refractivity contribution in [2.24, 2.45) is 0 Å². The first-order valence-corrected chi connectivity index (χ1v) is 11.2. The quantitative estimate of drug-likeness (QED) is 0.631. The number of hydrogen-bond acceptors (Lipinski definition) is 6. The van der Waals surface area contributed by atoms with Crippen LogP contribution in [0.15, 0.2) is 48.2 Å². The molecular formula is C26H31N3O4. The van der Waals surface area contributed by atoms with Gasteiger partial charge in [-0.3, -0.25) is 9.59 Å². The van der Waals surface area contributed by atoms with Crippen molar-refractivity contribution in [3.05, 3.63) is 59.3 Å². The van der Waals surface area contributed by atoms with E-state index in [0.717, 1.165) is 31.5 Å². The summed E-state index contributed by atoms with van der Waals surface area (Å²) in [6, 6.07) is 13.0. The molecule has 0 bridgehead atoms. The summed E-state index contributed by atoms with van der Waals surface area (Å²) in [4.78, 5) is 33.2. The average Bonchev–Trinajstić information content (AvgIpc) is 3.08. The molecule has 4 rings (SSSR count). The minimum Gasteiger partial charge on any atom is -0.493 e. The van der Waals surface area contributed by atoms with Gasteiger partial charge in [0.2, 0.25) is 0 Å². The number of likely N-dealkylation sites (N-methyl/N-ethyl adjacent to an activating group) is 1. The summed E-state index contributed by atoms with van der Waals surface area (Å²) in [5.74, 6) is 0.467. The largest absolute Gasteiger partial charge is 0.493 e. The lowest BCUT2D eigenvalue weighted by atomic mass is 10.00. The van der Waals surface area contributed by atoms with Crippen LogP contribution in [0.2, 0.25) is 0 Å². The van der Waals surface area contributed by atoms with Crippen LogP contribution in [-0.4, -0.2) is 69.1 Å². The predicted octanol–water partition coefficient (Wildman–Crippen LogP) is 3.32. The van der Waals surface area contributed by atoms with Crippen molar-refractivity contribution < 1.29 is 19.1 Å². The molecule has 2 amide bonds. The standard InChI is InChI=1S/C26H31N3O4/c1-17-8-6-7-9-20(17)29-25(30)23(18-10-11-21(32-4)22(16-18)33-5)24(26(29)31)28(3)19-12-14-27(2)15-13-19/h6-11,16,19H,12-15H2,1-5H3. The summed E-state index contributed by atoms with van der Waals surface area (Å²) in [6.45, 7) is 3.82. The number of para-hydroxylation sites is 1. The van der Waals surface area contributed by atoms with Crippen LogP contribution >= 0.6 is 0 Å². The van der Waals surface area contributed by atoms with Crippen molar-refractivity contribution in [3.8, 4) is 11.5 Å². The second kappa shape index (κ2) is 9.27. The summed E-state index contributed by atoms with van der Waals surface area (Å²) in [6.07, 6.45) is 1.86. The first kappa shape index (κ1) is 22.9. The second-order valence-corrected chi connectivity index (χ2v) is 8.67. The lowest BCUT2D eigenvalue weighted by Gasteiger charge is -2.36. The number of hydrogen-bond donors (Lipinski definition) is 0. The van der Waals surface area contributed by atoms with Crippen molar-refractivity contribution in [2.45, 2.75) is 25.8 Å². The fourth-order valence-electron chi connectivity index (χ4n) is 4.70. The van der Waals surface area contributed by atoms with Crippen molar-refractivity contribution in [3.63, 3.8) is 0 Å². The van der Waals surface area contributed by atoms with Gasteiger partial charge in [0.25, 0.3) is 11.8 Å². The fourth-order valence-corrected chi connectivity index (χ4v) is 4.70. The molecule has 2 aromatic carbocycles. The van der Waals surface area contributed by atoms with Gasteiger partial charge in [0.1, 0.15) is 5.70 Å². The molecule has 0 aliphatic carbocycles. The van der Waals surface area contributed by atoms with E-state index in [4.69, 9.17) is 9.47 Å². The van der Waals surface area contributed by atoms with Crippen molar-refractivity contribution in [1.82, 2.24) is 9.80 Å². The maximum atomic E-state index is 13.8. The number of ether oxygens (including phenoxy) is 2. The van der Waals surface area contributed by atoms with Crippen LogP contribution in [0.4, 0.5) is 5.69 Å². The molecule has 0 atom stereocenters. The Morgan fingerprint density at radius 3 is 2.24 bits per heavy atom. The number of piperidine rings is 1. The predicted molar refractivity (Wildman–Crippen MR) is 128 cm³/mol. The Balaban J connectivity index is 1.84. The highest BCUT2D eigenvalue weighted by atomic mass is 16.5. The van der Waals surface area contributed by atoms with Crippen molar-refractivity contribution in [2.75, 3.05) is 46.3 Å². The highest BCUT2D eigenvalue weighted by molar-refractivity contribution is 6.45. The molecule has 0 radical (unpaired) electrons. The van der Waals surface area contributed by atoms with E-state index in [2.05, 4.69) is 11.9 Å². The van der Waals surface area contributed by atoms with Gasteiger partial charge in [0.05, 0.1) is 25.5 Å². The molecule has 2 aliphatic heterocycles. The first-order chi connectivity index (χ1) is 15.9. The van der Waals surface area contributed by atoms with E-state index < -0.39 is 0 Å². The zero-order chi connectivity index (χ0) is 23.7. The number of aryl methyl sites for hydroxylation is 1. The van der Waals surface area contributed by atoms with E-state index in [1.807, 2.05) is 49.2 Å². The van der Waals surface area contributed by atoms with E-state index in [0.29, 0.717) is 34.0 Å². The van der Waals surface area contributed by atoms with Crippen LogP contribution in [-0.2, 0) is 9.59 Å². The van der Waals surface area contributed by atoms with E-state index in [-0.39, 0.29) is 17.9 Å². The molecular weight excluding hydrogens is 418 g/mol. The van der Waals surface area contributed by atoms with Crippen molar-refractivity contribution in [1.29, 1.82) is 0 Å². The molecule has 33 heavy (non-hydrogen) atoms. The Bertz CT molecular complexity index is 1100. The molecule has 7 heteroatoms. The molecule has 174 valence electrons. The maximum Gasteiger partial charge on any atom is 0.282 e. The Kier molecular flexibility index (Phi) is 6.42. The van der Waals surface area contributed by atoms with Gasteiger partial charge in [0.15, 0.2) is 11.5 Å². The molecule has 1 fully saturated rings. The number of anilines is 1. The number of benzene rings is 2. The van der Waals surface area contributed by atoms with Crippen LogP contribution < -0.4 is 14.4 Å². The molecule has 2 heterocycles. The van der Waals surface area contributed by atoms with Crippen molar-refractivity contribution >= 4 is 23.1 Å². The normalized spacial score (nSPS) is 17.7. The number of rotatable bonds is 6. The molecule has 2 aromatic rings. The molecule has 0 aromatic heterocycles. The van der Waals surface area contributed by atoms with Gasteiger partial charge >= 0.3 is 0 Å². The van der Waals surface area contributed by atoms with Gasteiger partial charge < -0.3 is 19.3 Å². The lowest BCUT2D eigenvalue weighted by molar-refractivity contribution is -0.120. The highest BCUT2D eigenvalue weighted by Gasteiger charge is 2.43. The minimum absolute atomic E-state index is 0.180. The van der Waals surface area contributed by atoms with Crippen LogP contribution in [0.5, 0.6) is 11.5 Å². The summed E-state index contributed by atoms with van der Waals surface area (Å²) in [5.41, 5.74) is 2.94. The molecule has 0 N–H and O–H groups in total. The highest BCUT2D eigenvalue weighted by Crippen LogP contribution is 2.39. The van der Waals surface area contributed by atoms with Crippen LogP contribution in [0.3, 0.4) is 0 Å². The number of nitrogens with zero attached hydrogens (tertiary/aromatic N) is 3. The zero-order valence-electron chi connectivity index (χ0n) is 19.9. The third kappa shape index (κ3) is 4.09. The van der Waals surface area contributed by atoms with Gasteiger partial charge in [-0.2, -0.15) is 0 Å². The summed E-state index contributed by atoms with van der Waals surface area (Å²) in [5, 5.41) is 0. The van der Waals surface area contributed by atoms with Crippen LogP contribution in [0.25, 0.3) is 5.57 Å². The monoisotopic (exact) mass is 449 g/mol. The Morgan fingerprint density at radius 2 is 1.61 bits per heavy atom. The Hall–Kier alpha value is -3.32. The number of likely N-dealkylation sites (tertiary alicyclic amines) is 1. The SMILES string of the molecule is COc1ccc(C2=C(N(C)C3CCN(C)CC3)C(=O)N(c3ccccc3C)C2=O)cc1OC. The van der Waals surface area contributed by atoms with Crippen LogP contribution in [0.1, 0.15) is 24.0 Å². The molecule has 2 aliphatic rings. The van der Waals surface area contributed by atoms with E-state index in [1.165, 1.54) is 4.90 Å². The topological polar surface area (TPSA) is 62.3 Å². The number of carbonyl (C=O) groups is 2. The van der Waals surface area contributed by atoms with Gasteiger partial charge in [-0.1, -0.05) is 24.3 Å². The molecule has 0 unspecified atom stereocenters. The number of imide groups is 1. The van der Waals surface area contributed by atoms with Crippen LogP contribution in [0, 0.1) is 6.92 Å². The average molecular weight is 450 g/mol. The smallest absolute Gasteiger partial charge is 0.282 e. The third-order valence-electron chi connectivity index (χ3n) is 6.68. The Labute approximate surface area is 195 Å². The Morgan fingerprint density at radius 1 is 0.939 bits per heavy atom. The first-order valence-electron chi connectivity index (χ1n) is 11.2. The van der Waals surface area contributed by atoms with E-state index in [1.54, 1.807) is 26.4 Å². The molecule has 0 spiro atoms. The zero-order valence-corrected chi connectivity index (χ0v) is 19.9. The maximum absolute atomic E-state index is 13.8. The van der Waals surface area contributed by atoms with Gasteiger partial charge in [-0.25, -0.2) is 4.90 Å². The molecule has 1 saturated heterocycles.